The molecule has 0 aliphatic carbocycles. The Bertz CT molecular complexity index is 845. The van der Waals surface area contributed by atoms with Crippen molar-refractivity contribution in [3.63, 3.8) is 0 Å². The van der Waals surface area contributed by atoms with E-state index in [0.29, 0.717) is 31.2 Å². The fraction of sp³-hybridized carbons (Fsp3) is 0.318. The van der Waals surface area contributed by atoms with Crippen LogP contribution in [0.2, 0.25) is 5.02 Å². The summed E-state index contributed by atoms with van der Waals surface area (Å²) in [5.74, 6) is 1.36. The molecule has 28 heavy (non-hydrogen) atoms. The molecule has 0 aromatic heterocycles. The van der Waals surface area contributed by atoms with Crippen molar-refractivity contribution in [2.75, 3.05) is 44.8 Å². The molecule has 1 amide bonds. The Balaban J connectivity index is 1.60. The van der Waals surface area contributed by atoms with Gasteiger partial charge in [-0.2, -0.15) is 0 Å². The minimum atomic E-state index is 0.00702. The van der Waals surface area contributed by atoms with Gasteiger partial charge in [0.05, 0.1) is 24.4 Å². The highest BCUT2D eigenvalue weighted by Crippen LogP contribution is 2.29. The van der Waals surface area contributed by atoms with Gasteiger partial charge in [-0.05, 0) is 42.8 Å². The molecule has 0 saturated carbocycles. The van der Waals surface area contributed by atoms with Crippen LogP contribution >= 0.6 is 11.6 Å². The molecule has 0 unspecified atom stereocenters. The Morgan fingerprint density at radius 3 is 2.54 bits per heavy atom. The third-order valence-electron chi connectivity index (χ3n) is 4.69. The van der Waals surface area contributed by atoms with E-state index in [9.17, 15) is 4.79 Å². The number of para-hydroxylation sites is 1. The predicted molar refractivity (Wildman–Crippen MR) is 113 cm³/mol. The van der Waals surface area contributed by atoms with Crippen LogP contribution in [-0.2, 0) is 4.79 Å². The minimum Gasteiger partial charge on any atom is -0.493 e. The molecule has 5 nitrogen and oxygen atoms in total. The third-order valence-corrected chi connectivity index (χ3v) is 5.01. The molecule has 0 spiro atoms. The van der Waals surface area contributed by atoms with Crippen LogP contribution in [0.4, 0.5) is 5.69 Å². The van der Waals surface area contributed by atoms with Crippen LogP contribution < -0.4 is 14.4 Å². The number of hydrogen-bond donors (Lipinski definition) is 0. The summed E-state index contributed by atoms with van der Waals surface area (Å²) < 4.78 is 10.9. The number of anilines is 1. The molecule has 0 N–H and O–H groups in total. The Kier molecular flexibility index (Phi) is 6.82. The van der Waals surface area contributed by atoms with Crippen molar-refractivity contribution in [1.82, 2.24) is 4.90 Å². The van der Waals surface area contributed by atoms with Gasteiger partial charge < -0.3 is 19.3 Å². The van der Waals surface area contributed by atoms with Crippen molar-refractivity contribution in [3.05, 3.63) is 59.1 Å². The molecule has 1 heterocycles. The smallest absolute Gasteiger partial charge is 0.246 e. The van der Waals surface area contributed by atoms with E-state index in [1.807, 2.05) is 60.4 Å². The average Bonchev–Trinajstić information content (AvgIpc) is 2.73. The quantitative estimate of drug-likeness (QED) is 0.684. The summed E-state index contributed by atoms with van der Waals surface area (Å²) in [7, 11) is 1.61. The van der Waals surface area contributed by atoms with Gasteiger partial charge in [0.25, 0.3) is 0 Å². The standard InChI is InChI=1S/C22H25ClN2O3/c1-3-28-21-16-17(8-10-20(21)27-2)9-11-22(26)25-14-12-24(13-15-25)19-7-5-4-6-18(19)23/h4-11,16H,3,12-15H2,1-2H3/b11-9+. The second-order valence-corrected chi connectivity index (χ2v) is 6.85. The summed E-state index contributed by atoms with van der Waals surface area (Å²) in [6.45, 7) is 5.34. The van der Waals surface area contributed by atoms with Crippen LogP contribution in [0, 0.1) is 0 Å². The molecule has 0 atom stereocenters. The maximum absolute atomic E-state index is 12.6. The normalized spacial score (nSPS) is 14.4. The predicted octanol–water partition coefficient (Wildman–Crippen LogP) is 4.11. The van der Waals surface area contributed by atoms with Gasteiger partial charge in [0.15, 0.2) is 11.5 Å². The van der Waals surface area contributed by atoms with Crippen LogP contribution in [0.15, 0.2) is 48.5 Å². The number of benzene rings is 2. The largest absolute Gasteiger partial charge is 0.493 e. The summed E-state index contributed by atoms with van der Waals surface area (Å²) in [6, 6.07) is 13.4. The van der Waals surface area contributed by atoms with Crippen molar-refractivity contribution >= 4 is 29.3 Å². The number of ether oxygens (including phenoxy) is 2. The number of rotatable bonds is 6. The maximum atomic E-state index is 12.6. The zero-order valence-electron chi connectivity index (χ0n) is 16.2. The Morgan fingerprint density at radius 2 is 1.86 bits per heavy atom. The first-order chi connectivity index (χ1) is 13.6. The highest BCUT2D eigenvalue weighted by atomic mass is 35.5. The van der Waals surface area contributed by atoms with Gasteiger partial charge in [-0.25, -0.2) is 0 Å². The molecule has 1 aliphatic heterocycles. The second-order valence-electron chi connectivity index (χ2n) is 6.44. The van der Waals surface area contributed by atoms with Gasteiger partial charge in [-0.3, -0.25) is 4.79 Å². The summed E-state index contributed by atoms with van der Waals surface area (Å²) in [4.78, 5) is 16.6. The molecule has 1 aliphatic rings. The number of hydrogen-bond acceptors (Lipinski definition) is 4. The number of nitrogens with zero attached hydrogens (tertiary/aromatic N) is 2. The van der Waals surface area contributed by atoms with E-state index < -0.39 is 0 Å². The molecule has 0 radical (unpaired) electrons. The number of piperazine rings is 1. The van der Waals surface area contributed by atoms with Crippen molar-refractivity contribution in [3.8, 4) is 11.5 Å². The van der Waals surface area contributed by atoms with Crippen molar-refractivity contribution in [1.29, 1.82) is 0 Å². The summed E-state index contributed by atoms with van der Waals surface area (Å²) >= 11 is 6.28. The monoisotopic (exact) mass is 400 g/mol. The molecule has 1 saturated heterocycles. The summed E-state index contributed by atoms with van der Waals surface area (Å²) in [6.07, 6.45) is 3.42. The SMILES string of the molecule is CCOc1cc(/C=C/C(=O)N2CCN(c3ccccc3Cl)CC2)ccc1OC. The summed E-state index contributed by atoms with van der Waals surface area (Å²) in [5.41, 5.74) is 1.92. The van der Waals surface area contributed by atoms with E-state index in [2.05, 4.69) is 4.90 Å². The van der Waals surface area contributed by atoms with Crippen molar-refractivity contribution in [2.45, 2.75) is 6.92 Å². The molecular formula is C22H25ClN2O3. The van der Waals surface area contributed by atoms with Crippen LogP contribution in [0.3, 0.4) is 0 Å². The van der Waals surface area contributed by atoms with Gasteiger partial charge in [-0.1, -0.05) is 29.8 Å². The average molecular weight is 401 g/mol. The number of carbonyl (C=O) groups is 1. The van der Waals surface area contributed by atoms with E-state index in [1.165, 1.54) is 0 Å². The van der Waals surface area contributed by atoms with Gasteiger partial charge >= 0.3 is 0 Å². The van der Waals surface area contributed by atoms with Crippen LogP contribution in [-0.4, -0.2) is 50.7 Å². The number of carbonyl (C=O) groups excluding carboxylic acids is 1. The highest BCUT2D eigenvalue weighted by Gasteiger charge is 2.21. The Hall–Kier alpha value is -2.66. The van der Waals surface area contributed by atoms with E-state index >= 15 is 0 Å². The third kappa shape index (κ3) is 4.78. The topological polar surface area (TPSA) is 42.0 Å². The number of halogens is 1. The molecule has 148 valence electrons. The zero-order chi connectivity index (χ0) is 19.9. The summed E-state index contributed by atoms with van der Waals surface area (Å²) in [5, 5.41) is 0.742. The lowest BCUT2D eigenvalue weighted by Gasteiger charge is -2.36. The minimum absolute atomic E-state index is 0.00702. The van der Waals surface area contributed by atoms with Crippen LogP contribution in [0.1, 0.15) is 12.5 Å². The first-order valence-corrected chi connectivity index (χ1v) is 9.77. The lowest BCUT2D eigenvalue weighted by molar-refractivity contribution is -0.126. The lowest BCUT2D eigenvalue weighted by Crippen LogP contribution is -2.48. The fourth-order valence-electron chi connectivity index (χ4n) is 3.21. The molecule has 6 heteroatoms. The highest BCUT2D eigenvalue weighted by molar-refractivity contribution is 6.33. The molecule has 2 aromatic rings. The number of amides is 1. The lowest BCUT2D eigenvalue weighted by atomic mass is 10.1. The van der Waals surface area contributed by atoms with E-state index in [0.717, 1.165) is 29.4 Å². The van der Waals surface area contributed by atoms with Gasteiger partial charge in [-0.15, -0.1) is 0 Å². The van der Waals surface area contributed by atoms with Gasteiger partial charge in [0.2, 0.25) is 5.91 Å². The Morgan fingerprint density at radius 1 is 1.11 bits per heavy atom. The maximum Gasteiger partial charge on any atom is 0.246 e. The van der Waals surface area contributed by atoms with Crippen molar-refractivity contribution in [2.24, 2.45) is 0 Å². The van der Waals surface area contributed by atoms with Gasteiger partial charge in [0.1, 0.15) is 0 Å². The van der Waals surface area contributed by atoms with E-state index in [4.69, 9.17) is 21.1 Å². The van der Waals surface area contributed by atoms with Crippen molar-refractivity contribution < 1.29 is 14.3 Å². The fourth-order valence-corrected chi connectivity index (χ4v) is 3.47. The van der Waals surface area contributed by atoms with Crippen LogP contribution in [0.25, 0.3) is 6.08 Å². The van der Waals surface area contributed by atoms with E-state index in [1.54, 1.807) is 13.2 Å². The molecule has 1 fully saturated rings. The molecular weight excluding hydrogens is 376 g/mol. The molecule has 3 rings (SSSR count). The van der Waals surface area contributed by atoms with E-state index in [-0.39, 0.29) is 5.91 Å². The first-order valence-electron chi connectivity index (χ1n) is 9.39. The van der Waals surface area contributed by atoms with Gasteiger partial charge in [0, 0.05) is 32.3 Å². The Labute approximate surface area is 171 Å². The number of methoxy groups -OCH3 is 1. The first kappa shape index (κ1) is 20.1. The molecule has 2 aromatic carbocycles. The van der Waals surface area contributed by atoms with Crippen LogP contribution in [0.5, 0.6) is 11.5 Å². The molecule has 0 bridgehead atoms. The zero-order valence-corrected chi connectivity index (χ0v) is 17.0. The second kappa shape index (κ2) is 9.51.